The first kappa shape index (κ1) is 25.5. The zero-order chi connectivity index (χ0) is 22.7. The minimum absolute atomic E-state index is 0.0224. The predicted octanol–water partition coefficient (Wildman–Crippen LogP) is 1.49. The molecule has 0 spiro atoms. The second-order valence-corrected chi connectivity index (χ2v) is 7.70. The number of hydrogen-bond acceptors (Lipinski definition) is 7. The van der Waals surface area contributed by atoms with Gasteiger partial charge >= 0.3 is 17.9 Å². The molecule has 0 aromatic heterocycles. The standard InChI is InChI=1S/C17H17NO4S.C3H7NO2S/c18-14(15(19)20)11-23-17(16(21)22,12-7-3-1-4-8-12)13-9-5-2-6-10-13;4-2(1-7)3(5)6/h1-10,14H,11,18H2,(H,19,20)(H,21,22);2,7H,1,4H2,(H,5,6)/t14-;2-/m00/s1. The number of carboxylic acids is 3. The molecule has 0 saturated heterocycles. The number of nitrogens with two attached hydrogens (primary N) is 2. The van der Waals surface area contributed by atoms with E-state index < -0.39 is 34.7 Å². The van der Waals surface area contributed by atoms with Crippen LogP contribution in [0.1, 0.15) is 11.1 Å². The Kier molecular flexibility index (Phi) is 10.4. The Morgan fingerprint density at radius 1 is 0.833 bits per heavy atom. The van der Waals surface area contributed by atoms with Crippen LogP contribution in [0.5, 0.6) is 0 Å². The number of benzene rings is 2. The molecule has 30 heavy (non-hydrogen) atoms. The molecule has 2 aromatic rings. The van der Waals surface area contributed by atoms with Gasteiger partial charge in [-0.3, -0.25) is 9.59 Å². The van der Waals surface area contributed by atoms with Gasteiger partial charge in [0.1, 0.15) is 12.1 Å². The molecular weight excluding hydrogens is 428 g/mol. The van der Waals surface area contributed by atoms with E-state index in [2.05, 4.69) is 12.6 Å². The number of thioether (sulfide) groups is 1. The van der Waals surface area contributed by atoms with E-state index in [0.717, 1.165) is 11.8 Å². The molecule has 162 valence electrons. The van der Waals surface area contributed by atoms with Gasteiger partial charge in [-0.05, 0) is 11.1 Å². The van der Waals surface area contributed by atoms with Gasteiger partial charge in [-0.2, -0.15) is 12.6 Å². The van der Waals surface area contributed by atoms with E-state index in [0.29, 0.717) is 11.1 Å². The molecule has 0 saturated carbocycles. The summed E-state index contributed by atoms with van der Waals surface area (Å²) in [5.41, 5.74) is 11.6. The summed E-state index contributed by atoms with van der Waals surface area (Å²) in [6.45, 7) is 0. The zero-order valence-corrected chi connectivity index (χ0v) is 17.6. The van der Waals surface area contributed by atoms with Crippen LogP contribution in [0.15, 0.2) is 60.7 Å². The van der Waals surface area contributed by atoms with Crippen molar-refractivity contribution in [3.05, 3.63) is 71.8 Å². The second kappa shape index (κ2) is 12.2. The van der Waals surface area contributed by atoms with Crippen LogP contribution in [-0.4, -0.2) is 56.8 Å². The molecule has 2 atom stereocenters. The van der Waals surface area contributed by atoms with Crippen LogP contribution in [-0.2, 0) is 19.1 Å². The van der Waals surface area contributed by atoms with E-state index in [1.54, 1.807) is 60.7 Å². The Hall–Kier alpha value is -2.53. The van der Waals surface area contributed by atoms with Crippen molar-refractivity contribution in [3.63, 3.8) is 0 Å². The van der Waals surface area contributed by atoms with Gasteiger partial charge in [0.25, 0.3) is 0 Å². The van der Waals surface area contributed by atoms with Gasteiger partial charge < -0.3 is 26.8 Å². The number of carbonyl (C=O) groups is 3. The molecule has 10 heteroatoms. The van der Waals surface area contributed by atoms with Crippen LogP contribution in [0, 0.1) is 0 Å². The highest BCUT2D eigenvalue weighted by Gasteiger charge is 2.43. The lowest BCUT2D eigenvalue weighted by Crippen LogP contribution is -2.39. The lowest BCUT2D eigenvalue weighted by Gasteiger charge is -2.30. The molecule has 0 radical (unpaired) electrons. The van der Waals surface area contributed by atoms with E-state index in [1.165, 1.54) is 0 Å². The first-order valence-electron chi connectivity index (χ1n) is 8.72. The number of hydrogen-bond donors (Lipinski definition) is 6. The quantitative estimate of drug-likeness (QED) is 0.309. The molecule has 2 aromatic carbocycles. The molecule has 0 aliphatic rings. The zero-order valence-electron chi connectivity index (χ0n) is 15.9. The molecule has 0 amide bonds. The normalized spacial score (nSPS) is 12.8. The predicted molar refractivity (Wildman–Crippen MR) is 119 cm³/mol. The van der Waals surface area contributed by atoms with E-state index in [1.807, 2.05) is 0 Å². The molecule has 0 heterocycles. The smallest absolute Gasteiger partial charge is 0.328 e. The van der Waals surface area contributed by atoms with Crippen LogP contribution in [0.3, 0.4) is 0 Å². The van der Waals surface area contributed by atoms with E-state index in [4.69, 9.17) is 21.7 Å². The fraction of sp³-hybridized carbons (Fsp3) is 0.250. The Balaban J connectivity index is 0.000000553. The third kappa shape index (κ3) is 6.77. The average Bonchev–Trinajstić information content (AvgIpc) is 2.75. The molecule has 0 aliphatic carbocycles. The van der Waals surface area contributed by atoms with Crippen LogP contribution >= 0.6 is 24.4 Å². The first-order chi connectivity index (χ1) is 14.2. The van der Waals surface area contributed by atoms with Crippen molar-refractivity contribution in [2.75, 3.05) is 11.5 Å². The fourth-order valence-corrected chi connectivity index (χ4v) is 3.81. The highest BCUT2D eigenvalue weighted by molar-refractivity contribution is 8.01. The largest absolute Gasteiger partial charge is 0.480 e. The molecular formula is C20H24N2O6S2. The first-order valence-corrected chi connectivity index (χ1v) is 10.3. The van der Waals surface area contributed by atoms with Crippen molar-refractivity contribution in [3.8, 4) is 0 Å². The van der Waals surface area contributed by atoms with Crippen molar-refractivity contribution < 1.29 is 29.7 Å². The molecule has 0 fully saturated rings. The summed E-state index contributed by atoms with van der Waals surface area (Å²) in [6.07, 6.45) is 0. The van der Waals surface area contributed by atoms with Gasteiger partial charge in [-0.1, -0.05) is 60.7 Å². The molecule has 0 unspecified atom stereocenters. The third-order valence-electron chi connectivity index (χ3n) is 3.97. The average molecular weight is 453 g/mol. The maximum absolute atomic E-state index is 12.2. The molecule has 2 rings (SSSR count). The molecule has 8 nitrogen and oxygen atoms in total. The number of rotatable bonds is 9. The summed E-state index contributed by atoms with van der Waals surface area (Å²) in [5.74, 6) is -3.05. The Bertz CT molecular complexity index is 796. The van der Waals surface area contributed by atoms with Crippen molar-refractivity contribution in [1.82, 2.24) is 0 Å². The summed E-state index contributed by atoms with van der Waals surface area (Å²) in [7, 11) is 0. The van der Waals surface area contributed by atoms with Gasteiger partial charge in [-0.15, -0.1) is 11.8 Å². The summed E-state index contributed by atoms with van der Waals surface area (Å²) in [6, 6.07) is 15.6. The topological polar surface area (TPSA) is 164 Å². The molecule has 7 N–H and O–H groups in total. The monoisotopic (exact) mass is 452 g/mol. The highest BCUT2D eigenvalue weighted by atomic mass is 32.2. The lowest BCUT2D eigenvalue weighted by atomic mass is 9.90. The Labute approximate surface area is 183 Å². The number of aliphatic carboxylic acids is 3. The van der Waals surface area contributed by atoms with E-state index in [-0.39, 0.29) is 11.5 Å². The van der Waals surface area contributed by atoms with Gasteiger partial charge in [-0.25, -0.2) is 4.79 Å². The minimum atomic E-state index is -1.41. The third-order valence-corrected chi connectivity index (χ3v) is 5.97. The van der Waals surface area contributed by atoms with Crippen molar-refractivity contribution in [1.29, 1.82) is 0 Å². The van der Waals surface area contributed by atoms with Crippen LogP contribution < -0.4 is 11.5 Å². The van der Waals surface area contributed by atoms with Gasteiger partial charge in [0.15, 0.2) is 4.75 Å². The van der Waals surface area contributed by atoms with Crippen molar-refractivity contribution >= 4 is 42.3 Å². The molecule has 0 bridgehead atoms. The molecule has 0 aliphatic heterocycles. The SMILES string of the molecule is N[C@@H](CS)C(=O)O.N[C@@H](CSC(C(=O)O)(c1ccccc1)c1ccccc1)C(=O)O. The van der Waals surface area contributed by atoms with Crippen LogP contribution in [0.4, 0.5) is 0 Å². The van der Waals surface area contributed by atoms with E-state index in [9.17, 15) is 19.5 Å². The van der Waals surface area contributed by atoms with Crippen LogP contribution in [0.2, 0.25) is 0 Å². The Morgan fingerprint density at radius 2 is 1.23 bits per heavy atom. The number of carboxylic acid groups (broad SMARTS) is 3. The lowest BCUT2D eigenvalue weighted by molar-refractivity contribution is -0.139. The van der Waals surface area contributed by atoms with Crippen molar-refractivity contribution in [2.24, 2.45) is 11.5 Å². The Morgan fingerprint density at radius 3 is 1.50 bits per heavy atom. The highest BCUT2D eigenvalue weighted by Crippen LogP contribution is 2.43. The summed E-state index contributed by atoms with van der Waals surface area (Å²) in [4.78, 5) is 32.9. The van der Waals surface area contributed by atoms with Gasteiger partial charge in [0.05, 0.1) is 0 Å². The van der Waals surface area contributed by atoms with Gasteiger partial charge in [0.2, 0.25) is 0 Å². The minimum Gasteiger partial charge on any atom is -0.480 e. The number of thiol groups is 1. The van der Waals surface area contributed by atoms with Gasteiger partial charge in [0, 0.05) is 11.5 Å². The maximum Gasteiger partial charge on any atom is 0.328 e. The second-order valence-electron chi connectivity index (χ2n) is 6.10. The maximum atomic E-state index is 12.2. The van der Waals surface area contributed by atoms with Crippen LogP contribution in [0.25, 0.3) is 0 Å². The van der Waals surface area contributed by atoms with Crippen molar-refractivity contribution in [2.45, 2.75) is 16.8 Å². The summed E-state index contributed by atoms with van der Waals surface area (Å²) >= 11 is 4.66. The summed E-state index contributed by atoms with van der Waals surface area (Å²) < 4.78 is -1.41. The summed E-state index contributed by atoms with van der Waals surface area (Å²) in [5, 5.41) is 27.0. The fourth-order valence-electron chi connectivity index (χ4n) is 2.35. The van der Waals surface area contributed by atoms with E-state index >= 15 is 0 Å².